The summed E-state index contributed by atoms with van der Waals surface area (Å²) in [6, 6.07) is 10.3. The molecule has 3 rings (SSSR count). The van der Waals surface area contributed by atoms with Gasteiger partial charge >= 0.3 is 0 Å². The van der Waals surface area contributed by atoms with E-state index in [1.807, 2.05) is 0 Å². The fourth-order valence-corrected chi connectivity index (χ4v) is 3.38. The molecular formula is C17H26N2O. The van der Waals surface area contributed by atoms with Gasteiger partial charge < -0.3 is 15.0 Å². The molecule has 0 radical (unpaired) electrons. The predicted octanol–water partition coefficient (Wildman–Crippen LogP) is 2.97. The molecule has 1 saturated heterocycles. The summed E-state index contributed by atoms with van der Waals surface area (Å²) in [5, 5.41) is 3.87. The van der Waals surface area contributed by atoms with Crippen LogP contribution >= 0.6 is 0 Å². The molecule has 1 atom stereocenters. The molecular weight excluding hydrogens is 248 g/mol. The topological polar surface area (TPSA) is 24.5 Å². The number of piperidine rings is 1. The van der Waals surface area contributed by atoms with Crippen LogP contribution in [0.1, 0.15) is 44.7 Å². The molecule has 0 aromatic heterocycles. The van der Waals surface area contributed by atoms with Crippen molar-refractivity contribution >= 4 is 0 Å². The third-order valence-electron chi connectivity index (χ3n) is 4.66. The van der Waals surface area contributed by atoms with Gasteiger partial charge in [-0.1, -0.05) is 18.2 Å². The minimum atomic E-state index is 0.468. The second-order valence-electron chi connectivity index (χ2n) is 6.30. The van der Waals surface area contributed by atoms with Gasteiger partial charge in [-0.15, -0.1) is 0 Å². The van der Waals surface area contributed by atoms with Gasteiger partial charge in [-0.05, 0) is 45.8 Å². The Kier molecular flexibility index (Phi) is 4.27. The minimum Gasteiger partial charge on any atom is -0.493 e. The van der Waals surface area contributed by atoms with Crippen LogP contribution in [-0.4, -0.2) is 36.7 Å². The molecule has 20 heavy (non-hydrogen) atoms. The van der Waals surface area contributed by atoms with E-state index in [1.165, 1.54) is 31.5 Å². The first-order chi connectivity index (χ1) is 9.74. The van der Waals surface area contributed by atoms with E-state index in [2.05, 4.69) is 48.3 Å². The van der Waals surface area contributed by atoms with Crippen LogP contribution in [0.4, 0.5) is 0 Å². The van der Waals surface area contributed by atoms with E-state index in [9.17, 15) is 0 Å². The van der Waals surface area contributed by atoms with Gasteiger partial charge in [0.25, 0.3) is 0 Å². The van der Waals surface area contributed by atoms with E-state index in [1.54, 1.807) is 0 Å². The zero-order valence-corrected chi connectivity index (χ0v) is 12.6. The van der Waals surface area contributed by atoms with Crippen molar-refractivity contribution in [2.24, 2.45) is 0 Å². The van der Waals surface area contributed by atoms with Crippen molar-refractivity contribution in [2.75, 3.05) is 19.7 Å². The fraction of sp³-hybridized carbons (Fsp3) is 0.647. The highest BCUT2D eigenvalue weighted by Crippen LogP contribution is 2.32. The number of hydrogen-bond donors (Lipinski definition) is 1. The summed E-state index contributed by atoms with van der Waals surface area (Å²) in [7, 11) is 0. The van der Waals surface area contributed by atoms with E-state index < -0.39 is 0 Å². The zero-order chi connectivity index (χ0) is 13.9. The van der Waals surface area contributed by atoms with E-state index >= 15 is 0 Å². The van der Waals surface area contributed by atoms with Crippen LogP contribution in [0.5, 0.6) is 5.75 Å². The van der Waals surface area contributed by atoms with Gasteiger partial charge in [0.05, 0.1) is 6.61 Å². The molecule has 1 aromatic rings. The normalized spacial score (nSPS) is 24.4. The van der Waals surface area contributed by atoms with Crippen molar-refractivity contribution in [3.63, 3.8) is 0 Å². The van der Waals surface area contributed by atoms with Gasteiger partial charge in [0.15, 0.2) is 0 Å². The lowest BCUT2D eigenvalue weighted by Gasteiger charge is -2.37. The van der Waals surface area contributed by atoms with Crippen molar-refractivity contribution < 1.29 is 4.74 Å². The molecule has 2 aliphatic heterocycles. The molecule has 1 fully saturated rings. The van der Waals surface area contributed by atoms with E-state index in [0.29, 0.717) is 18.1 Å². The lowest BCUT2D eigenvalue weighted by molar-refractivity contribution is 0.150. The molecule has 0 bridgehead atoms. The molecule has 1 aromatic carbocycles. The molecule has 2 aliphatic rings. The van der Waals surface area contributed by atoms with Gasteiger partial charge in [-0.25, -0.2) is 0 Å². The van der Waals surface area contributed by atoms with Crippen molar-refractivity contribution in [1.29, 1.82) is 0 Å². The molecule has 3 heteroatoms. The molecule has 0 saturated carbocycles. The highest BCUT2D eigenvalue weighted by atomic mass is 16.5. The Morgan fingerprint density at radius 2 is 1.90 bits per heavy atom. The second-order valence-corrected chi connectivity index (χ2v) is 6.30. The molecule has 2 heterocycles. The Morgan fingerprint density at radius 1 is 1.15 bits per heavy atom. The SMILES string of the molecule is CC(C)N1CCC(NC2CCOc3ccccc32)CC1. The molecule has 0 amide bonds. The Hall–Kier alpha value is -1.06. The Bertz CT molecular complexity index is 438. The van der Waals surface area contributed by atoms with E-state index in [-0.39, 0.29) is 0 Å². The van der Waals surface area contributed by atoms with Crippen LogP contribution in [0, 0.1) is 0 Å². The van der Waals surface area contributed by atoms with Crippen LogP contribution in [0.2, 0.25) is 0 Å². The first-order valence-electron chi connectivity index (χ1n) is 7.96. The molecule has 0 aliphatic carbocycles. The summed E-state index contributed by atoms with van der Waals surface area (Å²) in [4.78, 5) is 2.58. The Balaban J connectivity index is 1.60. The summed E-state index contributed by atoms with van der Waals surface area (Å²) in [6.07, 6.45) is 3.61. The quantitative estimate of drug-likeness (QED) is 0.917. The van der Waals surface area contributed by atoms with E-state index in [0.717, 1.165) is 18.8 Å². The van der Waals surface area contributed by atoms with Gasteiger partial charge in [-0.3, -0.25) is 0 Å². The third-order valence-corrected chi connectivity index (χ3v) is 4.66. The summed E-state index contributed by atoms with van der Waals surface area (Å²) in [5.41, 5.74) is 1.34. The van der Waals surface area contributed by atoms with Crippen LogP contribution < -0.4 is 10.1 Å². The second kappa shape index (κ2) is 6.15. The first-order valence-corrected chi connectivity index (χ1v) is 7.96. The maximum Gasteiger partial charge on any atom is 0.124 e. The van der Waals surface area contributed by atoms with Crippen molar-refractivity contribution in [1.82, 2.24) is 10.2 Å². The van der Waals surface area contributed by atoms with Crippen molar-refractivity contribution in [3.05, 3.63) is 29.8 Å². The van der Waals surface area contributed by atoms with Gasteiger partial charge in [-0.2, -0.15) is 0 Å². The smallest absolute Gasteiger partial charge is 0.124 e. The van der Waals surface area contributed by atoms with Gasteiger partial charge in [0.2, 0.25) is 0 Å². The number of rotatable bonds is 3. The maximum absolute atomic E-state index is 5.74. The number of para-hydroxylation sites is 1. The number of ether oxygens (including phenoxy) is 1. The standard InChI is InChI=1S/C17H26N2O/c1-13(2)19-10-7-14(8-11-19)18-16-9-12-20-17-6-4-3-5-15(16)17/h3-6,13-14,16,18H,7-12H2,1-2H3. The number of benzene rings is 1. The number of nitrogens with one attached hydrogen (secondary N) is 1. The molecule has 1 N–H and O–H groups in total. The average molecular weight is 274 g/mol. The van der Waals surface area contributed by atoms with Crippen LogP contribution in [0.3, 0.4) is 0 Å². The average Bonchev–Trinajstić information content (AvgIpc) is 2.48. The van der Waals surface area contributed by atoms with Crippen LogP contribution in [-0.2, 0) is 0 Å². The lowest BCUT2D eigenvalue weighted by atomic mass is 9.96. The Labute approximate surface area is 122 Å². The van der Waals surface area contributed by atoms with Gasteiger partial charge in [0.1, 0.15) is 5.75 Å². The van der Waals surface area contributed by atoms with E-state index in [4.69, 9.17) is 4.74 Å². The van der Waals surface area contributed by atoms with Crippen LogP contribution in [0.25, 0.3) is 0 Å². The summed E-state index contributed by atoms with van der Waals surface area (Å²) in [6.45, 7) is 7.87. The summed E-state index contributed by atoms with van der Waals surface area (Å²) < 4.78 is 5.74. The third kappa shape index (κ3) is 2.99. The minimum absolute atomic E-state index is 0.468. The summed E-state index contributed by atoms with van der Waals surface area (Å²) >= 11 is 0. The number of fused-ring (bicyclic) bond motifs is 1. The van der Waals surface area contributed by atoms with Crippen molar-refractivity contribution in [3.8, 4) is 5.75 Å². The fourth-order valence-electron chi connectivity index (χ4n) is 3.38. The van der Waals surface area contributed by atoms with Gasteiger partial charge in [0, 0.05) is 30.1 Å². The molecule has 3 nitrogen and oxygen atoms in total. The highest BCUT2D eigenvalue weighted by molar-refractivity contribution is 5.37. The number of nitrogens with zero attached hydrogens (tertiary/aromatic N) is 1. The van der Waals surface area contributed by atoms with Crippen LogP contribution in [0.15, 0.2) is 24.3 Å². The number of hydrogen-bond acceptors (Lipinski definition) is 3. The maximum atomic E-state index is 5.74. The number of likely N-dealkylation sites (tertiary alicyclic amines) is 1. The lowest BCUT2D eigenvalue weighted by Crippen LogP contribution is -2.46. The monoisotopic (exact) mass is 274 g/mol. The van der Waals surface area contributed by atoms with Crippen molar-refractivity contribution in [2.45, 2.75) is 51.2 Å². The Morgan fingerprint density at radius 3 is 2.65 bits per heavy atom. The molecule has 0 spiro atoms. The largest absolute Gasteiger partial charge is 0.493 e. The first kappa shape index (κ1) is 13.9. The summed E-state index contributed by atoms with van der Waals surface area (Å²) in [5.74, 6) is 1.07. The molecule has 1 unspecified atom stereocenters. The highest BCUT2D eigenvalue weighted by Gasteiger charge is 2.26. The zero-order valence-electron chi connectivity index (χ0n) is 12.6. The molecule has 110 valence electrons. The predicted molar refractivity (Wildman–Crippen MR) is 82.2 cm³/mol.